The second kappa shape index (κ2) is 6.72. The molecule has 0 saturated heterocycles. The molecule has 0 bridgehead atoms. The lowest BCUT2D eigenvalue weighted by molar-refractivity contribution is 0.592. The van der Waals surface area contributed by atoms with E-state index < -0.39 is 0 Å². The van der Waals surface area contributed by atoms with Crippen molar-refractivity contribution in [1.29, 1.82) is 0 Å². The summed E-state index contributed by atoms with van der Waals surface area (Å²) < 4.78 is 4.16. The van der Waals surface area contributed by atoms with E-state index in [1.807, 2.05) is 24.0 Å². The van der Waals surface area contributed by atoms with Gasteiger partial charge in [-0.25, -0.2) is 4.98 Å². The van der Waals surface area contributed by atoms with E-state index in [2.05, 4.69) is 26.7 Å². The minimum Gasteiger partial charge on any atom is -0.338 e. The number of aryl methyl sites for hydroxylation is 2. The average Bonchev–Trinajstić information content (AvgIpc) is 2.98. The Morgan fingerprint density at radius 2 is 2.16 bits per heavy atom. The fourth-order valence-corrected chi connectivity index (χ4v) is 2.81. The van der Waals surface area contributed by atoms with Crippen LogP contribution in [0.3, 0.4) is 0 Å². The van der Waals surface area contributed by atoms with Gasteiger partial charge in [0.05, 0.1) is 6.54 Å². The summed E-state index contributed by atoms with van der Waals surface area (Å²) in [6.07, 6.45) is 5.77. The Morgan fingerprint density at radius 1 is 1.32 bits per heavy atom. The number of nitrogens with zero attached hydrogens (tertiary/aromatic N) is 5. The monoisotopic (exact) mass is 280 g/mol. The van der Waals surface area contributed by atoms with Crippen LogP contribution in [-0.4, -0.2) is 30.1 Å². The number of nitrogens with two attached hydrogens (primary N) is 1. The van der Waals surface area contributed by atoms with Crippen molar-refractivity contribution in [2.24, 2.45) is 12.8 Å². The summed E-state index contributed by atoms with van der Waals surface area (Å²) in [5.74, 6) is 2.89. The van der Waals surface area contributed by atoms with Crippen LogP contribution in [0.25, 0.3) is 0 Å². The van der Waals surface area contributed by atoms with Gasteiger partial charge in [-0.05, 0) is 6.42 Å². The Labute approximate surface area is 117 Å². The van der Waals surface area contributed by atoms with Gasteiger partial charge in [-0.3, -0.25) is 0 Å². The van der Waals surface area contributed by atoms with Gasteiger partial charge in [-0.1, -0.05) is 18.7 Å². The Hall–Kier alpha value is -1.34. The van der Waals surface area contributed by atoms with Gasteiger partial charge < -0.3 is 14.9 Å². The molecule has 2 aromatic rings. The van der Waals surface area contributed by atoms with Gasteiger partial charge in [0.25, 0.3) is 0 Å². The Balaban J connectivity index is 1.95. The van der Waals surface area contributed by atoms with Crippen molar-refractivity contribution in [1.82, 2.24) is 24.3 Å². The summed E-state index contributed by atoms with van der Waals surface area (Å²) >= 11 is 1.71. The van der Waals surface area contributed by atoms with Crippen molar-refractivity contribution in [2.45, 2.75) is 38.0 Å². The molecule has 104 valence electrons. The molecule has 0 amide bonds. The van der Waals surface area contributed by atoms with E-state index in [1.54, 1.807) is 11.8 Å². The van der Waals surface area contributed by atoms with E-state index in [1.165, 1.54) is 0 Å². The van der Waals surface area contributed by atoms with Crippen LogP contribution < -0.4 is 5.73 Å². The molecule has 2 N–H and O–H groups in total. The number of hydrogen-bond acceptors (Lipinski definition) is 5. The highest BCUT2D eigenvalue weighted by Gasteiger charge is 2.10. The smallest absolute Gasteiger partial charge is 0.191 e. The van der Waals surface area contributed by atoms with Gasteiger partial charge in [0, 0.05) is 38.2 Å². The van der Waals surface area contributed by atoms with Crippen molar-refractivity contribution in [3.63, 3.8) is 0 Å². The molecule has 0 aliphatic heterocycles. The molecule has 0 aliphatic rings. The molecule has 7 heteroatoms. The molecule has 0 atom stereocenters. The van der Waals surface area contributed by atoms with E-state index >= 15 is 0 Å². The zero-order chi connectivity index (χ0) is 13.7. The van der Waals surface area contributed by atoms with Gasteiger partial charge in [0.2, 0.25) is 0 Å². The van der Waals surface area contributed by atoms with Crippen LogP contribution >= 0.6 is 11.8 Å². The van der Waals surface area contributed by atoms with E-state index in [0.717, 1.165) is 41.9 Å². The van der Waals surface area contributed by atoms with Crippen molar-refractivity contribution in [3.8, 4) is 0 Å². The lowest BCUT2D eigenvalue weighted by atomic mass is 10.4. The number of aromatic nitrogens is 5. The predicted molar refractivity (Wildman–Crippen MR) is 75.8 cm³/mol. The van der Waals surface area contributed by atoms with E-state index in [9.17, 15) is 0 Å². The minimum absolute atomic E-state index is 0.437. The second-order valence-electron chi connectivity index (χ2n) is 4.31. The number of thioether (sulfide) groups is 1. The topological polar surface area (TPSA) is 74.6 Å². The van der Waals surface area contributed by atoms with E-state index in [0.29, 0.717) is 6.54 Å². The fourth-order valence-electron chi connectivity index (χ4n) is 1.90. The highest BCUT2D eigenvalue weighted by atomic mass is 32.2. The van der Waals surface area contributed by atoms with Crippen molar-refractivity contribution >= 4 is 11.8 Å². The fraction of sp³-hybridized carbons (Fsp3) is 0.583. The molecule has 0 saturated carbocycles. The Kier molecular flexibility index (Phi) is 4.98. The van der Waals surface area contributed by atoms with Crippen LogP contribution in [0, 0.1) is 0 Å². The summed E-state index contributed by atoms with van der Waals surface area (Å²) in [7, 11) is 2.01. The Bertz CT molecular complexity index is 518. The molecule has 0 radical (unpaired) electrons. The first-order valence-corrected chi connectivity index (χ1v) is 7.46. The standard InChI is InChI=1S/C12H20N6S/c1-3-6-18-11(9-13)15-16-12(18)19-8-4-10-14-5-7-17(10)2/h5,7H,3-4,6,8-9,13H2,1-2H3. The molecule has 0 unspecified atom stereocenters. The third kappa shape index (κ3) is 3.36. The van der Waals surface area contributed by atoms with Gasteiger partial charge in [-0.2, -0.15) is 0 Å². The summed E-state index contributed by atoms with van der Waals surface area (Å²) in [6, 6.07) is 0. The minimum atomic E-state index is 0.437. The lowest BCUT2D eigenvalue weighted by Crippen LogP contribution is -2.09. The van der Waals surface area contributed by atoms with E-state index in [4.69, 9.17) is 5.73 Å². The molecule has 0 aromatic carbocycles. The van der Waals surface area contributed by atoms with Crippen LogP contribution in [0.1, 0.15) is 25.0 Å². The molecule has 19 heavy (non-hydrogen) atoms. The molecule has 2 rings (SSSR count). The third-order valence-corrected chi connectivity index (χ3v) is 3.87. The van der Waals surface area contributed by atoms with Gasteiger partial charge in [0.15, 0.2) is 5.16 Å². The highest BCUT2D eigenvalue weighted by molar-refractivity contribution is 7.99. The normalized spacial score (nSPS) is 11.1. The number of hydrogen-bond donors (Lipinski definition) is 1. The molecular weight excluding hydrogens is 260 g/mol. The molecule has 0 aliphatic carbocycles. The van der Waals surface area contributed by atoms with Crippen LogP contribution in [0.4, 0.5) is 0 Å². The first-order valence-electron chi connectivity index (χ1n) is 6.47. The van der Waals surface area contributed by atoms with Gasteiger partial charge in [0.1, 0.15) is 11.6 Å². The van der Waals surface area contributed by atoms with Crippen molar-refractivity contribution < 1.29 is 0 Å². The largest absolute Gasteiger partial charge is 0.338 e. The Morgan fingerprint density at radius 3 is 2.79 bits per heavy atom. The van der Waals surface area contributed by atoms with Crippen molar-refractivity contribution in [2.75, 3.05) is 5.75 Å². The maximum Gasteiger partial charge on any atom is 0.191 e. The average molecular weight is 280 g/mol. The number of rotatable bonds is 7. The zero-order valence-corrected chi connectivity index (χ0v) is 12.2. The van der Waals surface area contributed by atoms with Crippen LogP contribution in [0.15, 0.2) is 17.6 Å². The maximum atomic E-state index is 5.67. The van der Waals surface area contributed by atoms with Crippen LogP contribution in [-0.2, 0) is 26.6 Å². The van der Waals surface area contributed by atoms with Gasteiger partial charge >= 0.3 is 0 Å². The predicted octanol–water partition coefficient (Wildman–Crippen LogP) is 1.22. The molecule has 6 nitrogen and oxygen atoms in total. The number of imidazole rings is 1. The van der Waals surface area contributed by atoms with Crippen LogP contribution in [0.2, 0.25) is 0 Å². The second-order valence-corrected chi connectivity index (χ2v) is 5.37. The molecule has 2 aromatic heterocycles. The molecule has 0 spiro atoms. The summed E-state index contributed by atoms with van der Waals surface area (Å²) in [5, 5.41) is 9.30. The SMILES string of the molecule is CCCn1c(CN)nnc1SCCc1nccn1C. The summed E-state index contributed by atoms with van der Waals surface area (Å²) in [4.78, 5) is 4.31. The third-order valence-electron chi connectivity index (χ3n) is 2.90. The summed E-state index contributed by atoms with van der Waals surface area (Å²) in [6.45, 7) is 3.50. The van der Waals surface area contributed by atoms with Gasteiger partial charge in [-0.15, -0.1) is 10.2 Å². The van der Waals surface area contributed by atoms with Crippen LogP contribution in [0.5, 0.6) is 0 Å². The quantitative estimate of drug-likeness (QED) is 0.772. The molecular formula is C12H20N6S. The first kappa shape index (κ1) is 14.1. The first-order chi connectivity index (χ1) is 9.26. The molecule has 2 heterocycles. The maximum absolute atomic E-state index is 5.67. The molecule has 0 fully saturated rings. The highest BCUT2D eigenvalue weighted by Crippen LogP contribution is 2.18. The van der Waals surface area contributed by atoms with Crippen molar-refractivity contribution in [3.05, 3.63) is 24.0 Å². The lowest BCUT2D eigenvalue weighted by Gasteiger charge is -2.07. The van der Waals surface area contributed by atoms with E-state index in [-0.39, 0.29) is 0 Å². The zero-order valence-electron chi connectivity index (χ0n) is 11.4. The summed E-state index contributed by atoms with van der Waals surface area (Å²) in [5.41, 5.74) is 5.67.